The largest absolute Gasteiger partial charge is 0.492 e. The van der Waals surface area contributed by atoms with Crippen LogP contribution in [0.4, 0.5) is 11.4 Å². The minimum absolute atomic E-state index is 0.282. The van der Waals surface area contributed by atoms with Crippen molar-refractivity contribution in [2.45, 2.75) is 19.8 Å². The normalized spacial score (nSPS) is 13.1. The van der Waals surface area contributed by atoms with Crippen LogP contribution >= 0.6 is 0 Å². The van der Waals surface area contributed by atoms with Crippen LogP contribution in [0.2, 0.25) is 0 Å². The van der Waals surface area contributed by atoms with E-state index in [1.165, 1.54) is 11.3 Å². The van der Waals surface area contributed by atoms with Crippen molar-refractivity contribution in [1.82, 2.24) is 5.32 Å². The van der Waals surface area contributed by atoms with Gasteiger partial charge in [-0.05, 0) is 43.5 Å². The van der Waals surface area contributed by atoms with Gasteiger partial charge in [0.25, 0.3) is 0 Å². The fourth-order valence-corrected chi connectivity index (χ4v) is 4.50. The highest BCUT2D eigenvalue weighted by molar-refractivity contribution is 7.92. The highest BCUT2D eigenvalue weighted by Gasteiger charge is 2.24. The maximum absolute atomic E-state index is 12.5. The number of hydrogen-bond donors (Lipinski definition) is 1. The van der Waals surface area contributed by atoms with Crippen molar-refractivity contribution in [1.29, 1.82) is 0 Å². The second kappa shape index (κ2) is 9.84. The summed E-state index contributed by atoms with van der Waals surface area (Å²) in [4.78, 5) is 14.8. The Morgan fingerprint density at radius 2 is 1.90 bits per heavy atom. The van der Waals surface area contributed by atoms with E-state index in [4.69, 9.17) is 4.74 Å². The number of ether oxygens (including phenoxy) is 1. The number of nitrogens with zero attached hydrogens (tertiary/aromatic N) is 2. The molecule has 0 unspecified atom stereocenters. The highest BCUT2D eigenvalue weighted by atomic mass is 32.2. The summed E-state index contributed by atoms with van der Waals surface area (Å²) in [5.74, 6) is 0.0967. The first kappa shape index (κ1) is 22.0. The van der Waals surface area contributed by atoms with Gasteiger partial charge in [-0.3, -0.25) is 9.10 Å². The van der Waals surface area contributed by atoms with Crippen LogP contribution < -0.4 is 19.3 Å². The molecule has 0 radical (unpaired) electrons. The molecule has 8 heteroatoms. The molecule has 0 bridgehead atoms. The fourth-order valence-electron chi connectivity index (χ4n) is 3.64. The first-order valence-corrected chi connectivity index (χ1v) is 12.0. The molecule has 0 fully saturated rings. The SMILES string of the molecule is CCOc1ccccc1N(CC(=O)NCCCN1CCc2ccccc21)S(C)(=O)=O. The summed E-state index contributed by atoms with van der Waals surface area (Å²) in [5.41, 5.74) is 2.99. The average molecular weight is 432 g/mol. The van der Waals surface area contributed by atoms with E-state index in [0.717, 1.165) is 36.5 Å². The zero-order valence-electron chi connectivity index (χ0n) is 17.5. The van der Waals surface area contributed by atoms with Gasteiger partial charge in [0, 0.05) is 25.3 Å². The molecular weight excluding hydrogens is 402 g/mol. The summed E-state index contributed by atoms with van der Waals surface area (Å²) in [6.45, 7) is 4.27. The number of rotatable bonds is 10. The van der Waals surface area contributed by atoms with Crippen molar-refractivity contribution >= 4 is 27.3 Å². The van der Waals surface area contributed by atoms with Crippen LogP contribution in [-0.2, 0) is 21.2 Å². The van der Waals surface area contributed by atoms with Crippen molar-refractivity contribution in [2.75, 3.05) is 48.2 Å². The van der Waals surface area contributed by atoms with Crippen molar-refractivity contribution in [3.8, 4) is 5.75 Å². The van der Waals surface area contributed by atoms with Gasteiger partial charge in [-0.1, -0.05) is 30.3 Å². The predicted molar refractivity (Wildman–Crippen MR) is 120 cm³/mol. The Labute approximate surface area is 178 Å². The van der Waals surface area contributed by atoms with Crippen LogP contribution in [0, 0.1) is 0 Å². The van der Waals surface area contributed by atoms with Gasteiger partial charge in [0.1, 0.15) is 12.3 Å². The Kier molecular flexibility index (Phi) is 7.20. The smallest absolute Gasteiger partial charge is 0.240 e. The number of carbonyl (C=O) groups is 1. The van der Waals surface area contributed by atoms with E-state index in [2.05, 4.69) is 28.4 Å². The Bertz CT molecular complexity index is 978. The lowest BCUT2D eigenvalue weighted by molar-refractivity contribution is -0.119. The Morgan fingerprint density at radius 3 is 2.67 bits per heavy atom. The van der Waals surface area contributed by atoms with Crippen LogP contribution in [0.15, 0.2) is 48.5 Å². The average Bonchev–Trinajstić information content (AvgIpc) is 3.13. The molecule has 7 nitrogen and oxygen atoms in total. The van der Waals surface area contributed by atoms with Crippen LogP contribution in [-0.4, -0.2) is 53.4 Å². The molecule has 1 amide bonds. The van der Waals surface area contributed by atoms with Gasteiger partial charge in [-0.15, -0.1) is 0 Å². The van der Waals surface area contributed by atoms with Gasteiger partial charge in [0.05, 0.1) is 18.6 Å². The summed E-state index contributed by atoms with van der Waals surface area (Å²) in [7, 11) is -3.65. The zero-order chi connectivity index (χ0) is 21.6. The molecule has 1 aliphatic heterocycles. The van der Waals surface area contributed by atoms with Gasteiger partial charge in [0.2, 0.25) is 15.9 Å². The zero-order valence-corrected chi connectivity index (χ0v) is 18.3. The lowest BCUT2D eigenvalue weighted by atomic mass is 10.2. The minimum Gasteiger partial charge on any atom is -0.492 e. The van der Waals surface area contributed by atoms with Crippen LogP contribution in [0.25, 0.3) is 0 Å². The maximum Gasteiger partial charge on any atom is 0.240 e. The van der Waals surface area contributed by atoms with Gasteiger partial charge in [-0.2, -0.15) is 0 Å². The molecule has 1 heterocycles. The molecule has 0 saturated carbocycles. The van der Waals surface area contributed by atoms with Gasteiger partial charge >= 0.3 is 0 Å². The van der Waals surface area contributed by atoms with Gasteiger partial charge in [0.15, 0.2) is 0 Å². The molecule has 0 aliphatic carbocycles. The number of anilines is 2. The topological polar surface area (TPSA) is 79.0 Å². The fraction of sp³-hybridized carbons (Fsp3) is 0.409. The quantitative estimate of drug-likeness (QED) is 0.585. The minimum atomic E-state index is -3.65. The maximum atomic E-state index is 12.5. The number of para-hydroxylation sites is 3. The van der Waals surface area contributed by atoms with Crippen LogP contribution in [0.5, 0.6) is 5.75 Å². The number of benzene rings is 2. The summed E-state index contributed by atoms with van der Waals surface area (Å²) in [6, 6.07) is 15.2. The molecule has 0 saturated heterocycles. The van der Waals surface area contributed by atoms with Crippen molar-refractivity contribution in [3.05, 3.63) is 54.1 Å². The molecule has 162 valence electrons. The van der Waals surface area contributed by atoms with Crippen molar-refractivity contribution < 1.29 is 17.9 Å². The van der Waals surface area contributed by atoms with Crippen molar-refractivity contribution in [2.24, 2.45) is 0 Å². The highest BCUT2D eigenvalue weighted by Crippen LogP contribution is 2.30. The van der Waals surface area contributed by atoms with E-state index in [1.807, 2.05) is 13.0 Å². The Balaban J connectivity index is 1.55. The number of carbonyl (C=O) groups excluding carboxylic acids is 1. The third-order valence-electron chi connectivity index (χ3n) is 5.03. The molecule has 1 aliphatic rings. The summed E-state index contributed by atoms with van der Waals surface area (Å²) < 4.78 is 31.3. The number of hydrogen-bond acceptors (Lipinski definition) is 5. The van der Waals surface area contributed by atoms with Crippen molar-refractivity contribution in [3.63, 3.8) is 0 Å². The number of amides is 1. The molecule has 0 spiro atoms. The number of fused-ring (bicyclic) bond motifs is 1. The number of nitrogens with one attached hydrogen (secondary N) is 1. The second-order valence-corrected chi connectivity index (χ2v) is 9.15. The van der Waals surface area contributed by atoms with E-state index in [9.17, 15) is 13.2 Å². The third-order valence-corrected chi connectivity index (χ3v) is 6.16. The van der Waals surface area contributed by atoms with Crippen LogP contribution in [0.1, 0.15) is 18.9 Å². The summed E-state index contributed by atoms with van der Waals surface area (Å²) in [5, 5.41) is 2.84. The van der Waals surface area contributed by atoms with Gasteiger partial charge < -0.3 is 15.0 Å². The summed E-state index contributed by atoms with van der Waals surface area (Å²) >= 11 is 0. The third kappa shape index (κ3) is 5.44. The monoisotopic (exact) mass is 431 g/mol. The predicted octanol–water partition coefficient (Wildman–Crippen LogP) is 2.42. The second-order valence-electron chi connectivity index (χ2n) is 7.24. The van der Waals surface area contributed by atoms with Gasteiger partial charge in [-0.25, -0.2) is 8.42 Å². The van der Waals surface area contributed by atoms with E-state index < -0.39 is 10.0 Å². The lowest BCUT2D eigenvalue weighted by Gasteiger charge is -2.24. The molecule has 2 aromatic carbocycles. The van der Waals surface area contributed by atoms with E-state index in [-0.39, 0.29) is 12.5 Å². The first-order chi connectivity index (χ1) is 14.4. The Hall–Kier alpha value is -2.74. The molecule has 2 aromatic rings. The number of sulfonamides is 1. The molecule has 0 atom stereocenters. The van der Waals surface area contributed by atoms with E-state index in [0.29, 0.717) is 24.6 Å². The lowest BCUT2D eigenvalue weighted by Crippen LogP contribution is -2.41. The van der Waals surface area contributed by atoms with E-state index >= 15 is 0 Å². The first-order valence-electron chi connectivity index (χ1n) is 10.2. The molecule has 0 aromatic heterocycles. The molecule has 1 N–H and O–H groups in total. The standard InChI is InChI=1S/C22H29N3O4S/c1-3-29-21-12-7-6-11-20(21)25(30(2,27)28)17-22(26)23-14-8-15-24-16-13-18-9-4-5-10-19(18)24/h4-7,9-12H,3,8,13-17H2,1-2H3,(H,23,26). The molecular formula is C22H29N3O4S. The molecule has 30 heavy (non-hydrogen) atoms. The van der Waals surface area contributed by atoms with E-state index in [1.54, 1.807) is 24.3 Å². The Morgan fingerprint density at radius 1 is 1.17 bits per heavy atom. The summed E-state index contributed by atoms with van der Waals surface area (Å²) in [6.07, 6.45) is 2.92. The molecule has 3 rings (SSSR count). The van der Waals surface area contributed by atoms with Crippen LogP contribution in [0.3, 0.4) is 0 Å².